The molecule has 1 aliphatic heterocycles. The molecule has 0 radical (unpaired) electrons. The smallest absolute Gasteiger partial charge is 0.0557 e. The van der Waals surface area contributed by atoms with Crippen molar-refractivity contribution in [2.45, 2.75) is 19.8 Å². The molecule has 4 nitrogen and oxygen atoms in total. The van der Waals surface area contributed by atoms with Gasteiger partial charge in [-0.1, -0.05) is 6.92 Å². The molecule has 1 fully saturated rings. The fourth-order valence-electron chi connectivity index (χ4n) is 2.07. The van der Waals surface area contributed by atoms with Gasteiger partial charge in [0.1, 0.15) is 0 Å². The summed E-state index contributed by atoms with van der Waals surface area (Å²) >= 11 is 0. The molecule has 0 spiro atoms. The number of aliphatic hydroxyl groups excluding tert-OH is 2. The van der Waals surface area contributed by atoms with Crippen molar-refractivity contribution in [3.05, 3.63) is 0 Å². The number of nitrogens with zero attached hydrogens (tertiary/aromatic N) is 1. The van der Waals surface area contributed by atoms with E-state index in [1.54, 1.807) is 0 Å². The lowest BCUT2D eigenvalue weighted by molar-refractivity contribution is 0.0563. The van der Waals surface area contributed by atoms with E-state index in [0.29, 0.717) is 6.61 Å². The van der Waals surface area contributed by atoms with Gasteiger partial charge in [0.2, 0.25) is 0 Å². The molecular formula is C11H23NO3. The lowest BCUT2D eigenvalue weighted by Crippen LogP contribution is -2.41. The van der Waals surface area contributed by atoms with E-state index in [-0.39, 0.29) is 18.6 Å². The van der Waals surface area contributed by atoms with E-state index in [0.717, 1.165) is 39.1 Å². The molecule has 1 rings (SSSR count). The van der Waals surface area contributed by atoms with Gasteiger partial charge in [0, 0.05) is 31.7 Å². The van der Waals surface area contributed by atoms with E-state index in [1.807, 2.05) is 0 Å². The van der Waals surface area contributed by atoms with Gasteiger partial charge in [0.15, 0.2) is 0 Å². The topological polar surface area (TPSA) is 52.9 Å². The zero-order valence-corrected chi connectivity index (χ0v) is 9.61. The number of hydrogen-bond donors (Lipinski definition) is 2. The van der Waals surface area contributed by atoms with Crippen LogP contribution in [0.5, 0.6) is 0 Å². The van der Waals surface area contributed by atoms with Gasteiger partial charge in [-0.05, 0) is 19.4 Å². The maximum Gasteiger partial charge on any atom is 0.0557 e. The molecule has 0 amide bonds. The number of ether oxygens (including phenoxy) is 1. The van der Waals surface area contributed by atoms with Gasteiger partial charge in [-0.2, -0.15) is 0 Å². The fourth-order valence-corrected chi connectivity index (χ4v) is 2.07. The molecule has 1 aliphatic rings. The van der Waals surface area contributed by atoms with Crippen LogP contribution in [0, 0.1) is 5.41 Å². The van der Waals surface area contributed by atoms with Crippen molar-refractivity contribution in [2.75, 3.05) is 46.1 Å². The second-order valence-electron chi connectivity index (χ2n) is 4.41. The predicted octanol–water partition coefficient (Wildman–Crippen LogP) is 0.0897. The highest BCUT2D eigenvalue weighted by molar-refractivity contribution is 4.85. The van der Waals surface area contributed by atoms with E-state index in [9.17, 15) is 5.11 Å². The van der Waals surface area contributed by atoms with E-state index in [2.05, 4.69) is 11.8 Å². The van der Waals surface area contributed by atoms with E-state index >= 15 is 0 Å². The Morgan fingerprint density at radius 3 is 2.67 bits per heavy atom. The molecule has 0 bridgehead atoms. The minimum atomic E-state index is -0.0640. The van der Waals surface area contributed by atoms with Crippen LogP contribution in [0.25, 0.3) is 0 Å². The first-order valence-corrected chi connectivity index (χ1v) is 5.78. The molecule has 0 aromatic heterocycles. The third-order valence-electron chi connectivity index (χ3n) is 3.16. The molecule has 1 unspecified atom stereocenters. The van der Waals surface area contributed by atoms with Gasteiger partial charge >= 0.3 is 0 Å². The van der Waals surface area contributed by atoms with Crippen molar-refractivity contribution < 1.29 is 14.9 Å². The number of rotatable bonds is 7. The van der Waals surface area contributed by atoms with Crippen LogP contribution in [0.4, 0.5) is 0 Å². The summed E-state index contributed by atoms with van der Waals surface area (Å²) in [4.78, 5) is 2.28. The average Bonchev–Trinajstić information content (AvgIpc) is 2.73. The summed E-state index contributed by atoms with van der Waals surface area (Å²) in [5, 5.41) is 18.2. The standard InChI is InChI=1S/C11H23NO3/c1-2-12(5-3-6-13)8-11(9-14)4-7-15-10-11/h13-14H,2-10H2,1H3. The Balaban J connectivity index is 2.40. The maximum atomic E-state index is 9.43. The molecule has 1 heterocycles. The van der Waals surface area contributed by atoms with Gasteiger partial charge in [-0.3, -0.25) is 0 Å². The summed E-state index contributed by atoms with van der Waals surface area (Å²) in [5.41, 5.74) is -0.0640. The summed E-state index contributed by atoms with van der Waals surface area (Å²) < 4.78 is 5.37. The number of aliphatic hydroxyl groups is 2. The normalized spacial score (nSPS) is 26.4. The summed E-state index contributed by atoms with van der Waals surface area (Å²) in [6.45, 7) is 6.70. The van der Waals surface area contributed by atoms with Crippen LogP contribution in [0.2, 0.25) is 0 Å². The average molecular weight is 217 g/mol. The second kappa shape index (κ2) is 6.43. The van der Waals surface area contributed by atoms with Gasteiger partial charge in [-0.25, -0.2) is 0 Å². The Morgan fingerprint density at radius 2 is 2.20 bits per heavy atom. The van der Waals surface area contributed by atoms with Crippen LogP contribution in [-0.2, 0) is 4.74 Å². The third-order valence-corrected chi connectivity index (χ3v) is 3.16. The van der Waals surface area contributed by atoms with Crippen LogP contribution in [0.3, 0.4) is 0 Å². The van der Waals surface area contributed by atoms with E-state index in [4.69, 9.17) is 9.84 Å². The van der Waals surface area contributed by atoms with Crippen molar-refractivity contribution in [1.82, 2.24) is 4.90 Å². The highest BCUT2D eigenvalue weighted by Crippen LogP contribution is 2.29. The van der Waals surface area contributed by atoms with Crippen molar-refractivity contribution in [2.24, 2.45) is 5.41 Å². The zero-order valence-electron chi connectivity index (χ0n) is 9.61. The molecule has 1 saturated heterocycles. The molecule has 0 aliphatic carbocycles. The molecule has 4 heteroatoms. The highest BCUT2D eigenvalue weighted by Gasteiger charge is 2.35. The minimum Gasteiger partial charge on any atom is -0.396 e. The van der Waals surface area contributed by atoms with Gasteiger partial charge in [-0.15, -0.1) is 0 Å². The monoisotopic (exact) mass is 217 g/mol. The van der Waals surface area contributed by atoms with Crippen LogP contribution in [0.15, 0.2) is 0 Å². The third kappa shape index (κ3) is 3.72. The van der Waals surface area contributed by atoms with Gasteiger partial charge in [0.25, 0.3) is 0 Å². The van der Waals surface area contributed by atoms with Gasteiger partial charge < -0.3 is 19.8 Å². The molecule has 15 heavy (non-hydrogen) atoms. The first-order chi connectivity index (χ1) is 7.26. The van der Waals surface area contributed by atoms with Gasteiger partial charge in [0.05, 0.1) is 13.2 Å². The van der Waals surface area contributed by atoms with Crippen LogP contribution in [-0.4, -0.2) is 61.2 Å². The molecule has 0 aromatic rings. The van der Waals surface area contributed by atoms with Crippen LogP contribution in [0.1, 0.15) is 19.8 Å². The Kier molecular flexibility index (Phi) is 5.53. The summed E-state index contributed by atoms with van der Waals surface area (Å²) in [6, 6.07) is 0. The summed E-state index contributed by atoms with van der Waals surface area (Å²) in [5.74, 6) is 0. The molecular weight excluding hydrogens is 194 g/mol. The largest absolute Gasteiger partial charge is 0.396 e. The van der Waals surface area contributed by atoms with Crippen LogP contribution >= 0.6 is 0 Å². The van der Waals surface area contributed by atoms with Crippen molar-refractivity contribution in [3.8, 4) is 0 Å². The van der Waals surface area contributed by atoms with Crippen molar-refractivity contribution >= 4 is 0 Å². The molecule has 0 saturated carbocycles. The molecule has 0 aromatic carbocycles. The highest BCUT2D eigenvalue weighted by atomic mass is 16.5. The van der Waals surface area contributed by atoms with E-state index < -0.39 is 0 Å². The second-order valence-corrected chi connectivity index (χ2v) is 4.41. The minimum absolute atomic E-state index is 0.0640. The SMILES string of the molecule is CCN(CCCO)CC1(CO)CCOC1. The predicted molar refractivity (Wildman–Crippen MR) is 58.8 cm³/mol. The number of hydrogen-bond acceptors (Lipinski definition) is 4. The maximum absolute atomic E-state index is 9.43. The first kappa shape index (κ1) is 12.9. The van der Waals surface area contributed by atoms with E-state index in [1.165, 1.54) is 0 Å². The Bertz CT molecular complexity index is 169. The van der Waals surface area contributed by atoms with Crippen molar-refractivity contribution in [3.63, 3.8) is 0 Å². The molecule has 1 atom stereocenters. The summed E-state index contributed by atoms with van der Waals surface area (Å²) in [6.07, 6.45) is 1.75. The Morgan fingerprint density at radius 1 is 1.40 bits per heavy atom. The quantitative estimate of drug-likeness (QED) is 0.634. The first-order valence-electron chi connectivity index (χ1n) is 5.78. The Hall–Kier alpha value is -0.160. The lowest BCUT2D eigenvalue weighted by Gasteiger charge is -2.32. The lowest BCUT2D eigenvalue weighted by atomic mass is 9.87. The Labute approximate surface area is 91.8 Å². The van der Waals surface area contributed by atoms with Crippen LogP contribution < -0.4 is 0 Å². The molecule has 2 N–H and O–H groups in total. The van der Waals surface area contributed by atoms with Crippen molar-refractivity contribution in [1.29, 1.82) is 0 Å². The summed E-state index contributed by atoms with van der Waals surface area (Å²) in [7, 11) is 0. The molecule has 90 valence electrons. The fraction of sp³-hybridized carbons (Fsp3) is 1.00. The zero-order chi connectivity index (χ0) is 11.1.